The molecule has 0 spiro atoms. The molecule has 5 nitrogen and oxygen atoms in total. The summed E-state index contributed by atoms with van der Waals surface area (Å²) < 4.78 is 0. The predicted molar refractivity (Wildman–Crippen MR) is 80.1 cm³/mol. The first-order chi connectivity index (χ1) is 9.47. The number of nitrogens with two attached hydrogens (primary N) is 1. The Morgan fingerprint density at radius 2 is 2.00 bits per heavy atom. The van der Waals surface area contributed by atoms with Crippen LogP contribution in [0.25, 0.3) is 0 Å². The largest absolute Gasteiger partial charge is 0.324 e. The topological polar surface area (TPSA) is 82.2 Å². The molecule has 0 radical (unpaired) electrons. The highest BCUT2D eigenvalue weighted by Gasteiger charge is 2.14. The zero-order valence-corrected chi connectivity index (χ0v) is 12.3. The van der Waals surface area contributed by atoms with E-state index in [1.165, 1.54) is 0 Å². The van der Waals surface area contributed by atoms with Gasteiger partial charge in [0.15, 0.2) is 0 Å². The first-order valence-corrected chi connectivity index (χ1v) is 6.79. The van der Waals surface area contributed by atoms with Gasteiger partial charge in [0, 0.05) is 24.8 Å². The number of carbonyl (C=O) groups is 1. The maximum Gasteiger partial charge on any atom is 0.321 e. The fourth-order valence-electron chi connectivity index (χ4n) is 1.80. The van der Waals surface area contributed by atoms with E-state index in [2.05, 4.69) is 11.4 Å². The Kier molecular flexibility index (Phi) is 6.01. The summed E-state index contributed by atoms with van der Waals surface area (Å²) in [5, 5.41) is 11.6. The van der Waals surface area contributed by atoms with Crippen LogP contribution >= 0.6 is 0 Å². The fraction of sp³-hybridized carbons (Fsp3) is 0.467. The number of urea groups is 1. The molecule has 0 aliphatic heterocycles. The molecular weight excluding hydrogens is 252 g/mol. The minimum Gasteiger partial charge on any atom is -0.324 e. The highest BCUT2D eigenvalue weighted by atomic mass is 16.2. The normalized spacial score (nSPS) is 13.2. The van der Waals surface area contributed by atoms with Gasteiger partial charge < -0.3 is 16.0 Å². The highest BCUT2D eigenvalue weighted by Crippen LogP contribution is 2.14. The molecule has 0 aliphatic rings. The Morgan fingerprint density at radius 3 is 2.45 bits per heavy atom. The third-order valence-electron chi connectivity index (χ3n) is 3.07. The number of nitrogens with zero attached hydrogens (tertiary/aromatic N) is 2. The summed E-state index contributed by atoms with van der Waals surface area (Å²) in [6, 6.07) is 9.37. The molecule has 0 aliphatic carbocycles. The molecule has 0 aromatic heterocycles. The van der Waals surface area contributed by atoms with Gasteiger partial charge in [-0.3, -0.25) is 0 Å². The van der Waals surface area contributed by atoms with E-state index >= 15 is 0 Å². The molecule has 20 heavy (non-hydrogen) atoms. The van der Waals surface area contributed by atoms with Crippen molar-refractivity contribution in [1.82, 2.24) is 4.90 Å². The van der Waals surface area contributed by atoms with Gasteiger partial charge in [0.25, 0.3) is 0 Å². The Balaban J connectivity index is 2.66. The van der Waals surface area contributed by atoms with Crippen LogP contribution in [0.15, 0.2) is 24.3 Å². The van der Waals surface area contributed by atoms with E-state index in [1.54, 1.807) is 11.8 Å². The number of carbonyl (C=O) groups excluding carboxylic acids is 1. The SMILES string of the molecule is CCN(CC(C)C#N)C(=O)Nc1ccc(C(C)N)cc1. The van der Waals surface area contributed by atoms with E-state index in [9.17, 15) is 4.79 Å². The molecule has 3 N–H and O–H groups in total. The number of rotatable bonds is 5. The Bertz CT molecular complexity index is 476. The quantitative estimate of drug-likeness (QED) is 0.866. The van der Waals surface area contributed by atoms with Crippen LogP contribution in [0.4, 0.5) is 10.5 Å². The van der Waals surface area contributed by atoms with Gasteiger partial charge in [0.1, 0.15) is 0 Å². The minimum atomic E-state index is -0.192. The van der Waals surface area contributed by atoms with Crippen molar-refractivity contribution in [3.05, 3.63) is 29.8 Å². The average molecular weight is 274 g/mol. The molecule has 0 bridgehead atoms. The van der Waals surface area contributed by atoms with Gasteiger partial charge in [-0.2, -0.15) is 5.26 Å². The molecule has 5 heteroatoms. The van der Waals surface area contributed by atoms with Gasteiger partial charge in [-0.15, -0.1) is 0 Å². The zero-order valence-electron chi connectivity index (χ0n) is 12.3. The number of nitrogens with one attached hydrogen (secondary N) is 1. The number of anilines is 1. The second-order valence-corrected chi connectivity index (χ2v) is 4.91. The third-order valence-corrected chi connectivity index (χ3v) is 3.07. The monoisotopic (exact) mass is 274 g/mol. The van der Waals surface area contributed by atoms with Crippen molar-refractivity contribution >= 4 is 11.7 Å². The lowest BCUT2D eigenvalue weighted by Gasteiger charge is -2.22. The molecular formula is C15H22N4O. The smallest absolute Gasteiger partial charge is 0.321 e. The molecule has 0 saturated heterocycles. The van der Waals surface area contributed by atoms with Crippen LogP contribution in [0.3, 0.4) is 0 Å². The predicted octanol–water partition coefficient (Wildman–Crippen LogP) is 2.72. The second-order valence-electron chi connectivity index (χ2n) is 4.91. The maximum absolute atomic E-state index is 12.1. The van der Waals surface area contributed by atoms with E-state index < -0.39 is 0 Å². The number of hydrogen-bond donors (Lipinski definition) is 2. The number of amides is 2. The molecule has 0 fully saturated rings. The molecule has 108 valence electrons. The Hall–Kier alpha value is -2.06. The number of benzene rings is 1. The average Bonchev–Trinajstić information content (AvgIpc) is 2.44. The lowest BCUT2D eigenvalue weighted by atomic mass is 10.1. The van der Waals surface area contributed by atoms with E-state index in [0.717, 1.165) is 11.3 Å². The lowest BCUT2D eigenvalue weighted by Crippen LogP contribution is -2.37. The summed E-state index contributed by atoms with van der Waals surface area (Å²) in [5.74, 6) is -0.179. The highest BCUT2D eigenvalue weighted by molar-refractivity contribution is 5.89. The van der Waals surface area contributed by atoms with Crippen LogP contribution in [0, 0.1) is 17.2 Å². The van der Waals surface area contributed by atoms with Gasteiger partial charge in [0.2, 0.25) is 0 Å². The van der Waals surface area contributed by atoms with Crippen molar-refractivity contribution in [2.45, 2.75) is 26.8 Å². The number of hydrogen-bond acceptors (Lipinski definition) is 3. The maximum atomic E-state index is 12.1. The Morgan fingerprint density at radius 1 is 1.40 bits per heavy atom. The second kappa shape index (κ2) is 7.51. The molecule has 2 unspecified atom stereocenters. The molecule has 2 atom stereocenters. The van der Waals surface area contributed by atoms with Crippen LogP contribution in [0.1, 0.15) is 32.4 Å². The third kappa shape index (κ3) is 4.56. The van der Waals surface area contributed by atoms with Crippen molar-refractivity contribution in [1.29, 1.82) is 5.26 Å². The van der Waals surface area contributed by atoms with E-state index in [1.807, 2.05) is 38.1 Å². The van der Waals surface area contributed by atoms with Crippen LogP contribution in [0.5, 0.6) is 0 Å². The lowest BCUT2D eigenvalue weighted by molar-refractivity contribution is 0.210. The van der Waals surface area contributed by atoms with Gasteiger partial charge in [-0.25, -0.2) is 4.79 Å². The molecule has 1 rings (SSSR count). The summed E-state index contributed by atoms with van der Waals surface area (Å²) in [6.07, 6.45) is 0. The van der Waals surface area contributed by atoms with Crippen LogP contribution in [-0.2, 0) is 0 Å². The number of nitriles is 1. The molecule has 1 aromatic carbocycles. The summed E-state index contributed by atoms with van der Waals surface area (Å²) >= 11 is 0. The standard InChI is InChI=1S/C15H22N4O/c1-4-19(10-11(2)9-16)15(20)18-14-7-5-13(6-8-14)12(3)17/h5-8,11-12H,4,10,17H2,1-3H3,(H,18,20). The van der Waals surface area contributed by atoms with Gasteiger partial charge in [-0.1, -0.05) is 12.1 Å². The molecule has 1 aromatic rings. The molecule has 2 amide bonds. The van der Waals surface area contributed by atoms with E-state index in [-0.39, 0.29) is 18.0 Å². The zero-order chi connectivity index (χ0) is 15.1. The van der Waals surface area contributed by atoms with E-state index in [4.69, 9.17) is 11.0 Å². The molecule has 0 saturated carbocycles. The molecule has 0 heterocycles. The van der Waals surface area contributed by atoms with Crippen molar-refractivity contribution in [2.24, 2.45) is 11.7 Å². The van der Waals surface area contributed by atoms with Gasteiger partial charge in [0.05, 0.1) is 12.0 Å². The summed E-state index contributed by atoms with van der Waals surface area (Å²) in [7, 11) is 0. The van der Waals surface area contributed by atoms with Crippen LogP contribution in [0.2, 0.25) is 0 Å². The van der Waals surface area contributed by atoms with Crippen molar-refractivity contribution < 1.29 is 4.79 Å². The fourth-order valence-corrected chi connectivity index (χ4v) is 1.80. The first-order valence-electron chi connectivity index (χ1n) is 6.79. The Labute approximate surface area is 120 Å². The van der Waals surface area contributed by atoms with Crippen molar-refractivity contribution in [3.63, 3.8) is 0 Å². The van der Waals surface area contributed by atoms with Crippen molar-refractivity contribution in [2.75, 3.05) is 18.4 Å². The van der Waals surface area contributed by atoms with Gasteiger partial charge >= 0.3 is 6.03 Å². The van der Waals surface area contributed by atoms with Gasteiger partial charge in [-0.05, 0) is 38.5 Å². The summed E-state index contributed by atoms with van der Waals surface area (Å²) in [4.78, 5) is 13.7. The van der Waals surface area contributed by atoms with E-state index in [0.29, 0.717) is 13.1 Å². The van der Waals surface area contributed by atoms with Crippen LogP contribution < -0.4 is 11.1 Å². The summed E-state index contributed by atoms with van der Waals surface area (Å²) in [5.41, 5.74) is 7.52. The van der Waals surface area contributed by atoms with Crippen molar-refractivity contribution in [3.8, 4) is 6.07 Å². The van der Waals surface area contributed by atoms with Crippen LogP contribution in [-0.4, -0.2) is 24.0 Å². The first kappa shape index (κ1) is 16.0. The summed E-state index contributed by atoms with van der Waals surface area (Å²) in [6.45, 7) is 6.60. The minimum absolute atomic E-state index is 0.0247.